The molecule has 0 spiro atoms. The van der Waals surface area contributed by atoms with Crippen molar-refractivity contribution in [1.29, 1.82) is 0 Å². The molecule has 6 heteroatoms. The van der Waals surface area contributed by atoms with E-state index in [1.807, 2.05) is 0 Å². The summed E-state index contributed by atoms with van der Waals surface area (Å²) in [5.74, 6) is -0.868. The number of rotatable bonds is 59. The minimum atomic E-state index is -0.775. The second-order valence-electron chi connectivity index (χ2n) is 21.6. The van der Waals surface area contributed by atoms with Crippen molar-refractivity contribution >= 4 is 17.9 Å². The number of carbonyl (C=O) groups is 3. The number of carbonyl (C=O) groups excluding carboxylic acids is 3. The lowest BCUT2D eigenvalue weighted by Gasteiger charge is -2.18. The van der Waals surface area contributed by atoms with E-state index in [1.54, 1.807) is 0 Å². The molecule has 0 aromatic rings. The number of unbranched alkanes of at least 4 members (excludes halogenated alkanes) is 40. The van der Waals surface area contributed by atoms with E-state index >= 15 is 0 Å². The zero-order chi connectivity index (χ0) is 52.9. The molecule has 0 heterocycles. The molecule has 0 rings (SSSR count). The van der Waals surface area contributed by atoms with Crippen molar-refractivity contribution in [2.24, 2.45) is 0 Å². The molecule has 0 aliphatic rings. The lowest BCUT2D eigenvalue weighted by molar-refractivity contribution is -0.167. The van der Waals surface area contributed by atoms with Gasteiger partial charge < -0.3 is 14.2 Å². The van der Waals surface area contributed by atoms with Crippen LogP contribution in [0.5, 0.6) is 0 Å². The predicted molar refractivity (Wildman–Crippen MR) is 316 cm³/mol. The molecule has 73 heavy (non-hydrogen) atoms. The summed E-state index contributed by atoms with van der Waals surface area (Å²) in [5.41, 5.74) is 0. The molecule has 1 unspecified atom stereocenters. The maximum atomic E-state index is 12.9. The Balaban J connectivity index is 4.10. The largest absolute Gasteiger partial charge is 0.462 e. The van der Waals surface area contributed by atoms with Gasteiger partial charge in [-0.15, -0.1) is 0 Å². The highest BCUT2D eigenvalue weighted by Crippen LogP contribution is 2.17. The summed E-state index contributed by atoms with van der Waals surface area (Å²) in [7, 11) is 0. The Labute approximate surface area is 454 Å². The Kier molecular flexibility index (Phi) is 59.7. The maximum absolute atomic E-state index is 12.9. The van der Waals surface area contributed by atoms with Crippen molar-refractivity contribution in [2.45, 2.75) is 348 Å². The average Bonchev–Trinajstić information content (AvgIpc) is 3.39. The third-order valence-corrected chi connectivity index (χ3v) is 14.3. The molecule has 0 aliphatic carbocycles. The Morgan fingerprint density at radius 1 is 0.288 bits per heavy atom. The fourth-order valence-electron chi connectivity index (χ4n) is 9.51. The fourth-order valence-corrected chi connectivity index (χ4v) is 9.51. The summed E-state index contributed by atoms with van der Waals surface area (Å²) >= 11 is 0. The van der Waals surface area contributed by atoms with E-state index in [1.165, 1.54) is 218 Å². The monoisotopic (exact) mass is 1020 g/mol. The molecule has 0 bridgehead atoms. The smallest absolute Gasteiger partial charge is 0.306 e. The van der Waals surface area contributed by atoms with Crippen LogP contribution < -0.4 is 0 Å². The summed E-state index contributed by atoms with van der Waals surface area (Å²) in [5, 5.41) is 0. The molecule has 0 saturated carbocycles. The average molecular weight is 1020 g/mol. The third-order valence-electron chi connectivity index (χ3n) is 14.3. The maximum Gasteiger partial charge on any atom is 0.306 e. The Hall–Kier alpha value is -2.63. The third kappa shape index (κ3) is 60.1. The second-order valence-corrected chi connectivity index (χ2v) is 21.6. The highest BCUT2D eigenvalue weighted by Gasteiger charge is 2.19. The highest BCUT2D eigenvalue weighted by molar-refractivity contribution is 5.71. The minimum Gasteiger partial charge on any atom is -0.462 e. The first-order chi connectivity index (χ1) is 36.0. The van der Waals surface area contributed by atoms with Gasteiger partial charge in [-0.25, -0.2) is 0 Å². The molecule has 0 N–H and O–H groups in total. The summed E-state index contributed by atoms with van der Waals surface area (Å²) in [6.45, 7) is 6.55. The molecule has 1 atom stereocenters. The van der Waals surface area contributed by atoms with Crippen LogP contribution in [0.3, 0.4) is 0 Å². The highest BCUT2D eigenvalue weighted by atomic mass is 16.6. The molecule has 0 radical (unpaired) electrons. The quantitative estimate of drug-likeness (QED) is 0.0261. The van der Waals surface area contributed by atoms with Gasteiger partial charge in [0, 0.05) is 19.3 Å². The number of hydrogen-bond acceptors (Lipinski definition) is 6. The van der Waals surface area contributed by atoms with Gasteiger partial charge in [-0.05, 0) is 77.0 Å². The van der Waals surface area contributed by atoms with Gasteiger partial charge in [-0.3, -0.25) is 14.4 Å². The van der Waals surface area contributed by atoms with Crippen molar-refractivity contribution in [3.8, 4) is 0 Å². The standard InChI is InChI=1S/C67H122O6/c1-4-7-10-13-16-19-21-23-25-27-28-29-30-31-32-33-34-35-36-37-38-40-41-43-45-48-51-54-57-60-66(69)72-63-64(62-71-65(68)59-56-53-50-47-18-15-12-9-6-3)73-67(70)61-58-55-52-49-46-44-42-39-26-24-22-20-17-14-11-8-5-2/h8,11,17,20,24,26-28,64H,4-7,9-10,12-16,18-19,21-23,25,29-63H2,1-3H3/b11-8-,20-17-,26-24-,28-27-. The van der Waals surface area contributed by atoms with Gasteiger partial charge in [0.05, 0.1) is 0 Å². The van der Waals surface area contributed by atoms with Gasteiger partial charge in [-0.1, -0.05) is 294 Å². The van der Waals surface area contributed by atoms with Crippen molar-refractivity contribution in [3.05, 3.63) is 48.6 Å². The fraction of sp³-hybridized carbons (Fsp3) is 0.836. The molecular weight excluding hydrogens is 901 g/mol. The van der Waals surface area contributed by atoms with Gasteiger partial charge in [0.15, 0.2) is 6.10 Å². The summed E-state index contributed by atoms with van der Waals surface area (Å²) < 4.78 is 16.9. The van der Waals surface area contributed by atoms with Crippen LogP contribution in [-0.2, 0) is 28.6 Å². The molecule has 0 aromatic heterocycles. The normalized spacial score (nSPS) is 12.3. The number of ether oxygens (including phenoxy) is 3. The van der Waals surface area contributed by atoms with Crippen LogP contribution in [0.4, 0.5) is 0 Å². The van der Waals surface area contributed by atoms with E-state index < -0.39 is 6.10 Å². The van der Waals surface area contributed by atoms with Crippen molar-refractivity contribution in [3.63, 3.8) is 0 Å². The number of allylic oxidation sites excluding steroid dienone is 8. The topological polar surface area (TPSA) is 78.9 Å². The Morgan fingerprint density at radius 2 is 0.534 bits per heavy atom. The van der Waals surface area contributed by atoms with Gasteiger partial charge in [0.1, 0.15) is 13.2 Å². The molecule has 0 aromatic carbocycles. The molecule has 0 fully saturated rings. The Bertz CT molecular complexity index is 1270. The molecule has 0 amide bonds. The lowest BCUT2D eigenvalue weighted by Crippen LogP contribution is -2.30. The van der Waals surface area contributed by atoms with Crippen LogP contribution in [-0.4, -0.2) is 37.2 Å². The van der Waals surface area contributed by atoms with Gasteiger partial charge in [0.25, 0.3) is 0 Å². The molecule has 6 nitrogen and oxygen atoms in total. The van der Waals surface area contributed by atoms with Crippen molar-refractivity contribution in [1.82, 2.24) is 0 Å². The van der Waals surface area contributed by atoms with E-state index in [-0.39, 0.29) is 31.1 Å². The van der Waals surface area contributed by atoms with Gasteiger partial charge >= 0.3 is 17.9 Å². The van der Waals surface area contributed by atoms with Crippen LogP contribution >= 0.6 is 0 Å². The van der Waals surface area contributed by atoms with Crippen LogP contribution in [0.15, 0.2) is 48.6 Å². The Morgan fingerprint density at radius 3 is 0.849 bits per heavy atom. The van der Waals surface area contributed by atoms with Crippen molar-refractivity contribution in [2.75, 3.05) is 13.2 Å². The molecular formula is C67H122O6. The van der Waals surface area contributed by atoms with Crippen LogP contribution in [0.1, 0.15) is 342 Å². The minimum absolute atomic E-state index is 0.0733. The first kappa shape index (κ1) is 70.4. The van der Waals surface area contributed by atoms with Crippen molar-refractivity contribution < 1.29 is 28.6 Å². The summed E-state index contributed by atoms with van der Waals surface area (Å²) in [6, 6.07) is 0. The van der Waals surface area contributed by atoms with E-state index in [2.05, 4.69) is 69.4 Å². The van der Waals surface area contributed by atoms with Crippen LogP contribution in [0, 0.1) is 0 Å². The van der Waals surface area contributed by atoms with Gasteiger partial charge in [0.2, 0.25) is 0 Å². The summed E-state index contributed by atoms with van der Waals surface area (Å²) in [6.07, 6.45) is 77.2. The zero-order valence-corrected chi connectivity index (χ0v) is 48.9. The molecule has 426 valence electrons. The second kappa shape index (κ2) is 61.9. The lowest BCUT2D eigenvalue weighted by atomic mass is 10.0. The summed E-state index contributed by atoms with van der Waals surface area (Å²) in [4.78, 5) is 38.1. The zero-order valence-electron chi connectivity index (χ0n) is 48.9. The first-order valence-electron chi connectivity index (χ1n) is 32.1. The number of esters is 3. The number of hydrogen-bond donors (Lipinski definition) is 0. The van der Waals surface area contributed by atoms with E-state index in [9.17, 15) is 14.4 Å². The van der Waals surface area contributed by atoms with Gasteiger partial charge in [-0.2, -0.15) is 0 Å². The SMILES string of the molecule is CC/C=C\C/C=C\C/C=C\CCCCCCCCCC(=O)OC(COC(=O)CCCCCCCCCCC)COC(=O)CCCCCCCCCCCCCCCCCCC/C=C\CCCCCCCCCC. The van der Waals surface area contributed by atoms with Crippen LogP contribution in [0.25, 0.3) is 0 Å². The van der Waals surface area contributed by atoms with E-state index in [0.717, 1.165) is 83.5 Å². The molecule has 0 aliphatic heterocycles. The van der Waals surface area contributed by atoms with E-state index in [0.29, 0.717) is 19.3 Å². The predicted octanol–water partition coefficient (Wildman–Crippen LogP) is 21.8. The first-order valence-corrected chi connectivity index (χ1v) is 32.1. The van der Waals surface area contributed by atoms with Crippen LogP contribution in [0.2, 0.25) is 0 Å². The van der Waals surface area contributed by atoms with E-state index in [4.69, 9.17) is 14.2 Å². The molecule has 0 saturated heterocycles.